The molecule has 0 radical (unpaired) electrons. The average molecular weight is 773 g/mol. The number of hydrogen-bond acceptors (Lipinski definition) is 8. The fourth-order valence-corrected chi connectivity index (χ4v) is 9.52. The summed E-state index contributed by atoms with van der Waals surface area (Å²) in [5.74, 6) is 11.0. The maximum Gasteiger partial charge on any atom is 0.439 e. The molecular weight excluding hydrogens is 729 g/mol. The number of rotatable bonds is 6. The van der Waals surface area contributed by atoms with Crippen molar-refractivity contribution in [2.45, 2.75) is 25.2 Å². The highest BCUT2D eigenvalue weighted by Gasteiger charge is 2.56. The van der Waals surface area contributed by atoms with Crippen molar-refractivity contribution in [2.24, 2.45) is 11.7 Å². The number of hydrazine groups is 2. The number of amides is 6. The van der Waals surface area contributed by atoms with Gasteiger partial charge in [-0.2, -0.15) is 8.97 Å². The minimum atomic E-state index is -0.645. The first-order chi connectivity index (χ1) is 28.3. The topological polar surface area (TPSA) is 168 Å². The molecule has 4 atom stereocenters. The van der Waals surface area contributed by atoms with Gasteiger partial charge in [-0.05, 0) is 78.5 Å². The lowest BCUT2D eigenvalue weighted by Crippen LogP contribution is -2.66. The lowest BCUT2D eigenvalue weighted by Gasteiger charge is -2.34. The lowest BCUT2D eigenvalue weighted by molar-refractivity contribution is -0.782. The summed E-state index contributed by atoms with van der Waals surface area (Å²) in [6.45, 7) is 1.28. The van der Waals surface area contributed by atoms with Gasteiger partial charge in [0.15, 0.2) is 12.3 Å². The van der Waals surface area contributed by atoms with Crippen LogP contribution in [0.1, 0.15) is 31.8 Å². The summed E-state index contributed by atoms with van der Waals surface area (Å²) >= 11 is 0. The molecule has 8 N–H and O–H groups in total. The second-order valence-corrected chi connectivity index (χ2v) is 15.2. The number of carbonyl (C=O) groups is 4. The zero-order chi connectivity index (χ0) is 40.0. The summed E-state index contributed by atoms with van der Waals surface area (Å²) in [6, 6.07) is 41.5. The Morgan fingerprint density at radius 2 is 0.845 bits per heavy atom. The van der Waals surface area contributed by atoms with Crippen LogP contribution in [0.4, 0.5) is 9.59 Å². The van der Waals surface area contributed by atoms with E-state index in [4.69, 9.17) is 11.7 Å². The van der Waals surface area contributed by atoms with Gasteiger partial charge in [0.1, 0.15) is 13.1 Å². The molecule has 2 heterocycles. The first kappa shape index (κ1) is 37.2. The monoisotopic (exact) mass is 772 g/mol. The van der Waals surface area contributed by atoms with Crippen LogP contribution in [0.5, 0.6) is 0 Å². The quantitative estimate of drug-likeness (QED) is 0.0410. The summed E-state index contributed by atoms with van der Waals surface area (Å²) < 4.78 is -1.09. The smallest absolute Gasteiger partial charge is 0.261 e. The SMILES string of the molecule is NNC(=O)[N+]1(C(=O)c2ccc3ccccc3c2)CCNC1Cc1c2ccccc2c(CC2NCC[N+]2(C(=O)NN)C(=O)c2ccc3ccccc3c2)c2ccccc12. The third-order valence-corrected chi connectivity index (χ3v) is 12.4. The number of quaternary nitrogens is 2. The Morgan fingerprint density at radius 1 is 0.500 bits per heavy atom. The second kappa shape index (κ2) is 14.8. The minimum absolute atomic E-state index is 0.217. The number of nitrogens with zero attached hydrogens (tertiary/aromatic N) is 2. The van der Waals surface area contributed by atoms with Crippen LogP contribution in [0.2, 0.25) is 0 Å². The number of urea groups is 2. The molecule has 290 valence electrons. The van der Waals surface area contributed by atoms with E-state index in [0.717, 1.165) is 54.2 Å². The van der Waals surface area contributed by atoms with Crippen molar-refractivity contribution >= 4 is 67.0 Å². The lowest BCUT2D eigenvalue weighted by atomic mass is 9.87. The van der Waals surface area contributed by atoms with Gasteiger partial charge in [-0.3, -0.25) is 10.6 Å². The van der Waals surface area contributed by atoms with Crippen LogP contribution >= 0.6 is 0 Å². The first-order valence-corrected chi connectivity index (χ1v) is 19.5. The third-order valence-electron chi connectivity index (χ3n) is 12.4. The van der Waals surface area contributed by atoms with Crippen molar-refractivity contribution < 1.29 is 28.1 Å². The first-order valence-electron chi connectivity index (χ1n) is 19.5. The van der Waals surface area contributed by atoms with Gasteiger partial charge in [0.05, 0.1) is 24.2 Å². The van der Waals surface area contributed by atoms with Crippen LogP contribution in [0, 0.1) is 0 Å². The highest BCUT2D eigenvalue weighted by atomic mass is 16.2. The van der Waals surface area contributed by atoms with E-state index in [9.17, 15) is 19.2 Å². The van der Waals surface area contributed by atoms with Gasteiger partial charge in [-0.15, -0.1) is 0 Å². The molecule has 4 unspecified atom stereocenters. The number of carbonyl (C=O) groups excluding carboxylic acids is 4. The normalized spacial score (nSPS) is 21.8. The second-order valence-electron chi connectivity index (χ2n) is 15.2. The number of imide groups is 2. The average Bonchev–Trinajstić information content (AvgIpc) is 3.91. The number of nitrogens with one attached hydrogen (secondary N) is 4. The van der Waals surface area contributed by atoms with Crippen LogP contribution in [-0.4, -0.2) is 71.4 Å². The predicted octanol–water partition coefficient (Wildman–Crippen LogP) is 5.72. The maximum absolute atomic E-state index is 14.7. The Hall–Kier alpha value is -6.38. The summed E-state index contributed by atoms with van der Waals surface area (Å²) in [5, 5.41) is 14.5. The summed E-state index contributed by atoms with van der Waals surface area (Å²) in [7, 11) is 0. The molecule has 0 aliphatic carbocycles. The van der Waals surface area contributed by atoms with Crippen LogP contribution in [0.25, 0.3) is 43.1 Å². The zero-order valence-electron chi connectivity index (χ0n) is 31.8. The van der Waals surface area contributed by atoms with Crippen molar-refractivity contribution in [1.29, 1.82) is 0 Å². The highest BCUT2D eigenvalue weighted by molar-refractivity contribution is 6.06. The molecule has 0 bridgehead atoms. The third kappa shape index (κ3) is 5.85. The van der Waals surface area contributed by atoms with Crippen LogP contribution in [0.15, 0.2) is 133 Å². The Morgan fingerprint density at radius 3 is 1.21 bits per heavy atom. The van der Waals surface area contributed by atoms with Crippen molar-refractivity contribution in [2.75, 3.05) is 26.2 Å². The van der Waals surface area contributed by atoms with Crippen molar-refractivity contribution in [1.82, 2.24) is 21.5 Å². The maximum atomic E-state index is 14.7. The van der Waals surface area contributed by atoms with Crippen molar-refractivity contribution in [3.05, 3.63) is 156 Å². The van der Waals surface area contributed by atoms with E-state index >= 15 is 0 Å². The molecule has 0 saturated carbocycles. The zero-order valence-corrected chi connectivity index (χ0v) is 31.8. The molecular formula is C46H44N8O4+2. The van der Waals surface area contributed by atoms with E-state index in [2.05, 4.69) is 45.8 Å². The molecule has 7 aromatic rings. The summed E-state index contributed by atoms with van der Waals surface area (Å²) in [6.07, 6.45) is -0.639. The van der Waals surface area contributed by atoms with Gasteiger partial charge < -0.3 is 0 Å². The standard InChI is InChI=1S/C46H42N8O4/c47-51-45(57)53(43(55)33-19-17-29-9-1-3-11-31(29)25-33)23-21-49-41(53)27-39-35-13-5-7-15-37(35)40(38-16-8-6-14-36(38)39)28-42-50-22-24-54(42,46(58)52-48)44(56)34-20-18-30-10-2-4-12-32(30)26-34/h1-20,25-26,41-42,49-50H,21-24,27-28,47-48H2/p+2. The van der Waals surface area contributed by atoms with E-state index in [-0.39, 0.29) is 24.9 Å². The number of hydrogen-bond donors (Lipinski definition) is 6. The largest absolute Gasteiger partial charge is 0.439 e. The van der Waals surface area contributed by atoms with Crippen LogP contribution in [0.3, 0.4) is 0 Å². The van der Waals surface area contributed by atoms with Crippen LogP contribution in [-0.2, 0) is 12.8 Å². The number of benzene rings is 7. The molecule has 2 fully saturated rings. The van der Waals surface area contributed by atoms with Crippen LogP contribution < -0.4 is 33.2 Å². The molecule has 6 amide bonds. The predicted molar refractivity (Wildman–Crippen MR) is 225 cm³/mol. The number of nitrogens with two attached hydrogens (primary N) is 2. The van der Waals surface area contributed by atoms with E-state index in [1.54, 1.807) is 12.1 Å². The fourth-order valence-electron chi connectivity index (χ4n) is 9.52. The van der Waals surface area contributed by atoms with Crippen molar-refractivity contribution in [3.8, 4) is 0 Å². The van der Waals surface area contributed by atoms with E-state index in [0.29, 0.717) is 37.1 Å². The highest BCUT2D eigenvalue weighted by Crippen LogP contribution is 2.38. The molecule has 9 rings (SSSR count). The van der Waals surface area contributed by atoms with Gasteiger partial charge in [-0.25, -0.2) is 41.7 Å². The molecule has 12 nitrogen and oxygen atoms in total. The molecule has 7 aromatic carbocycles. The Kier molecular flexibility index (Phi) is 9.53. The van der Waals surface area contributed by atoms with Gasteiger partial charge in [0.25, 0.3) is 0 Å². The molecule has 12 heteroatoms. The van der Waals surface area contributed by atoms with Gasteiger partial charge in [0, 0.05) is 12.8 Å². The molecule has 2 aliphatic heterocycles. The molecule has 58 heavy (non-hydrogen) atoms. The molecule has 0 aromatic heterocycles. The minimum Gasteiger partial charge on any atom is -0.261 e. The van der Waals surface area contributed by atoms with Gasteiger partial charge in [0.2, 0.25) is 0 Å². The van der Waals surface area contributed by atoms with Crippen molar-refractivity contribution in [3.63, 3.8) is 0 Å². The fraction of sp³-hybridized carbons (Fsp3) is 0.174. The van der Waals surface area contributed by atoms with Gasteiger partial charge >= 0.3 is 23.9 Å². The Balaban J connectivity index is 1.14. The number of fused-ring (bicyclic) bond motifs is 4. The molecule has 2 aliphatic rings. The summed E-state index contributed by atoms with van der Waals surface area (Å²) in [4.78, 5) is 57.3. The van der Waals surface area contributed by atoms with Gasteiger partial charge in [-0.1, -0.05) is 109 Å². The molecule has 0 spiro atoms. The Labute approximate surface area is 334 Å². The molecule has 2 saturated heterocycles. The van der Waals surface area contributed by atoms with E-state index < -0.39 is 33.4 Å². The van der Waals surface area contributed by atoms with E-state index in [1.807, 2.05) is 97.1 Å². The van der Waals surface area contributed by atoms with E-state index in [1.165, 1.54) is 0 Å². The Bertz CT molecular complexity index is 2560. The summed E-state index contributed by atoms with van der Waals surface area (Å²) in [5.41, 5.74) is 7.40.